The fourth-order valence-electron chi connectivity index (χ4n) is 1.22. The first kappa shape index (κ1) is 12.1. The van der Waals surface area contributed by atoms with Crippen LogP contribution in [0.3, 0.4) is 0 Å². The number of benzene rings is 1. The summed E-state index contributed by atoms with van der Waals surface area (Å²) in [7, 11) is 0. The number of hydrogen-bond acceptors (Lipinski definition) is 3. The number of carbonyl (C=O) groups excluding carboxylic acids is 3. The van der Waals surface area contributed by atoms with Gasteiger partial charge in [0.2, 0.25) is 12.2 Å². The van der Waals surface area contributed by atoms with Crippen LogP contribution < -0.4 is 5.32 Å². The van der Waals surface area contributed by atoms with Gasteiger partial charge in [0.05, 0.1) is 6.54 Å². The van der Waals surface area contributed by atoms with Crippen LogP contribution in [0.2, 0.25) is 0 Å². The molecule has 0 unspecified atom stereocenters. The van der Waals surface area contributed by atoms with E-state index < -0.39 is 0 Å². The molecule has 1 aromatic rings. The minimum atomic E-state index is -0.312. The van der Waals surface area contributed by atoms with Crippen LogP contribution in [0.4, 0.5) is 0 Å². The standard InChI is InChI=1S/C12H12NO3/c14-9-8-13-12(16)7-6-11(15)10-4-2-1-3-5-10/h1-5H,6-8H2,(H,13,16). The molecule has 0 spiro atoms. The van der Waals surface area contributed by atoms with Gasteiger partial charge >= 0.3 is 0 Å². The summed E-state index contributed by atoms with van der Waals surface area (Å²) in [5.74, 6) is -0.390. The van der Waals surface area contributed by atoms with Gasteiger partial charge in [-0.1, -0.05) is 30.3 Å². The molecule has 83 valence electrons. The quantitative estimate of drug-likeness (QED) is 0.721. The third-order valence-corrected chi connectivity index (χ3v) is 2.03. The first-order chi connectivity index (χ1) is 7.74. The van der Waals surface area contributed by atoms with E-state index in [1.165, 1.54) is 0 Å². The van der Waals surface area contributed by atoms with Crippen molar-refractivity contribution in [1.29, 1.82) is 0 Å². The summed E-state index contributed by atoms with van der Waals surface area (Å²) in [5.41, 5.74) is 0.595. The molecular weight excluding hydrogens is 206 g/mol. The van der Waals surface area contributed by atoms with E-state index in [-0.39, 0.29) is 31.1 Å². The molecule has 16 heavy (non-hydrogen) atoms. The van der Waals surface area contributed by atoms with Crippen molar-refractivity contribution < 1.29 is 14.4 Å². The maximum atomic E-state index is 11.6. The van der Waals surface area contributed by atoms with E-state index in [0.717, 1.165) is 0 Å². The largest absolute Gasteiger partial charge is 0.349 e. The first-order valence-electron chi connectivity index (χ1n) is 4.94. The van der Waals surface area contributed by atoms with Crippen LogP contribution >= 0.6 is 0 Å². The Hall–Kier alpha value is -1.97. The van der Waals surface area contributed by atoms with Gasteiger partial charge in [-0.3, -0.25) is 14.4 Å². The molecule has 0 saturated carbocycles. The van der Waals surface area contributed by atoms with E-state index in [2.05, 4.69) is 5.32 Å². The second kappa shape index (κ2) is 6.50. The molecule has 4 nitrogen and oxygen atoms in total. The summed E-state index contributed by atoms with van der Waals surface area (Å²) in [5, 5.41) is 2.32. The van der Waals surface area contributed by atoms with E-state index in [1.807, 2.05) is 6.07 Å². The molecule has 1 amide bonds. The Morgan fingerprint density at radius 2 is 1.81 bits per heavy atom. The topological polar surface area (TPSA) is 63.2 Å². The van der Waals surface area contributed by atoms with Gasteiger partial charge in [-0.25, -0.2) is 0 Å². The molecule has 0 bridgehead atoms. The van der Waals surface area contributed by atoms with Gasteiger partial charge in [-0.05, 0) is 0 Å². The van der Waals surface area contributed by atoms with Crippen LogP contribution in [0.15, 0.2) is 30.3 Å². The zero-order chi connectivity index (χ0) is 11.8. The van der Waals surface area contributed by atoms with Crippen molar-refractivity contribution in [2.45, 2.75) is 12.8 Å². The number of ketones is 1. The highest BCUT2D eigenvalue weighted by Crippen LogP contribution is 2.04. The second-order valence-corrected chi connectivity index (χ2v) is 3.21. The Morgan fingerprint density at radius 3 is 2.44 bits per heavy atom. The monoisotopic (exact) mass is 218 g/mol. The summed E-state index contributed by atoms with van der Waals surface area (Å²) in [6.45, 7) is -0.127. The molecule has 0 heterocycles. The van der Waals surface area contributed by atoms with Crippen LogP contribution in [0.25, 0.3) is 0 Å². The van der Waals surface area contributed by atoms with Crippen molar-refractivity contribution in [2.75, 3.05) is 6.54 Å². The van der Waals surface area contributed by atoms with E-state index >= 15 is 0 Å². The minimum Gasteiger partial charge on any atom is -0.349 e. The molecule has 0 atom stereocenters. The van der Waals surface area contributed by atoms with Crippen LogP contribution in [-0.2, 0) is 9.59 Å². The van der Waals surface area contributed by atoms with Gasteiger partial charge < -0.3 is 5.32 Å². The maximum absolute atomic E-state index is 11.6. The van der Waals surface area contributed by atoms with Crippen molar-refractivity contribution in [3.63, 3.8) is 0 Å². The fraction of sp³-hybridized carbons (Fsp3) is 0.250. The lowest BCUT2D eigenvalue weighted by molar-refractivity contribution is -0.120. The fourth-order valence-corrected chi connectivity index (χ4v) is 1.22. The molecule has 0 aliphatic heterocycles. The zero-order valence-electron chi connectivity index (χ0n) is 8.73. The van der Waals surface area contributed by atoms with Gasteiger partial charge in [0, 0.05) is 18.4 Å². The Kier molecular flexibility index (Phi) is 4.92. The third-order valence-electron chi connectivity index (χ3n) is 2.03. The lowest BCUT2D eigenvalue weighted by Crippen LogP contribution is -2.25. The predicted molar refractivity (Wildman–Crippen MR) is 58.7 cm³/mol. The Balaban J connectivity index is 2.36. The Bertz CT molecular complexity index is 373. The average Bonchev–Trinajstić information content (AvgIpc) is 2.34. The SMILES string of the molecule is O=[C]CNC(=O)CCC(=O)c1ccccc1. The molecule has 1 N–H and O–H groups in total. The van der Waals surface area contributed by atoms with Gasteiger partial charge in [0.25, 0.3) is 0 Å². The highest BCUT2D eigenvalue weighted by Gasteiger charge is 2.08. The molecule has 0 aliphatic rings. The molecule has 1 rings (SSSR count). The number of carbonyl (C=O) groups is 2. The third kappa shape index (κ3) is 4.04. The molecule has 4 heteroatoms. The molecule has 0 saturated heterocycles. The second-order valence-electron chi connectivity index (χ2n) is 3.21. The van der Waals surface area contributed by atoms with Crippen molar-refractivity contribution in [2.24, 2.45) is 0 Å². The smallest absolute Gasteiger partial charge is 0.220 e. The van der Waals surface area contributed by atoms with Crippen LogP contribution in [0.5, 0.6) is 0 Å². The first-order valence-corrected chi connectivity index (χ1v) is 4.94. The number of hydrogen-bond donors (Lipinski definition) is 1. The summed E-state index contributed by atoms with van der Waals surface area (Å²) in [6, 6.07) is 8.78. The summed E-state index contributed by atoms with van der Waals surface area (Å²) in [4.78, 5) is 32.5. The Morgan fingerprint density at radius 1 is 1.12 bits per heavy atom. The predicted octanol–water partition coefficient (Wildman–Crippen LogP) is 0.875. The summed E-state index contributed by atoms with van der Waals surface area (Å²) < 4.78 is 0. The molecule has 0 fully saturated rings. The van der Waals surface area contributed by atoms with E-state index in [4.69, 9.17) is 0 Å². The lowest BCUT2D eigenvalue weighted by Gasteiger charge is -2.01. The van der Waals surface area contributed by atoms with Crippen LogP contribution in [0.1, 0.15) is 23.2 Å². The minimum absolute atomic E-state index is 0.0779. The number of nitrogens with one attached hydrogen (secondary N) is 1. The molecule has 0 aromatic heterocycles. The summed E-state index contributed by atoms with van der Waals surface area (Å²) >= 11 is 0. The van der Waals surface area contributed by atoms with Crippen molar-refractivity contribution in [1.82, 2.24) is 5.32 Å². The number of Topliss-reactive ketones (excluding diaryl/α,β-unsaturated/α-hetero) is 1. The normalized spacial score (nSPS) is 9.50. The van der Waals surface area contributed by atoms with Crippen molar-refractivity contribution in [3.8, 4) is 0 Å². The van der Waals surface area contributed by atoms with Crippen LogP contribution in [-0.4, -0.2) is 24.5 Å². The molecule has 0 aliphatic carbocycles. The molecule has 1 aromatic carbocycles. The van der Waals surface area contributed by atoms with Crippen molar-refractivity contribution >= 4 is 18.0 Å². The summed E-state index contributed by atoms with van der Waals surface area (Å²) in [6.07, 6.45) is 1.79. The van der Waals surface area contributed by atoms with Gasteiger partial charge in [0.15, 0.2) is 5.78 Å². The van der Waals surface area contributed by atoms with Gasteiger partial charge in [-0.15, -0.1) is 0 Å². The zero-order valence-corrected chi connectivity index (χ0v) is 8.73. The lowest BCUT2D eigenvalue weighted by atomic mass is 10.1. The molecule has 1 radical (unpaired) electrons. The van der Waals surface area contributed by atoms with E-state index in [0.29, 0.717) is 5.56 Å². The van der Waals surface area contributed by atoms with E-state index in [9.17, 15) is 14.4 Å². The van der Waals surface area contributed by atoms with Gasteiger partial charge in [0.1, 0.15) is 0 Å². The highest BCUT2D eigenvalue weighted by atomic mass is 16.2. The average molecular weight is 218 g/mol. The number of amides is 1. The molecular formula is C12H12NO3. The van der Waals surface area contributed by atoms with Crippen LogP contribution in [0, 0.1) is 0 Å². The maximum Gasteiger partial charge on any atom is 0.220 e. The highest BCUT2D eigenvalue weighted by molar-refractivity contribution is 5.97. The van der Waals surface area contributed by atoms with E-state index in [1.54, 1.807) is 30.6 Å². The van der Waals surface area contributed by atoms with Gasteiger partial charge in [-0.2, -0.15) is 0 Å². The van der Waals surface area contributed by atoms with Crippen molar-refractivity contribution in [3.05, 3.63) is 35.9 Å². The Labute approximate surface area is 93.7 Å². The number of rotatable bonds is 6.